The van der Waals surface area contributed by atoms with E-state index in [4.69, 9.17) is 18.6 Å². The normalized spacial score (nSPS) is 11.6. The Morgan fingerprint density at radius 1 is 1.07 bits per heavy atom. The summed E-state index contributed by atoms with van der Waals surface area (Å²) in [6.45, 7) is 1.21. The molecule has 0 saturated heterocycles. The number of esters is 1. The first kappa shape index (κ1) is 20.9. The Labute approximate surface area is 172 Å². The summed E-state index contributed by atoms with van der Waals surface area (Å²) < 4.78 is 20.6. The van der Waals surface area contributed by atoms with Gasteiger partial charge in [0.15, 0.2) is 6.61 Å². The number of benzene rings is 2. The maximum atomic E-state index is 12.3. The predicted octanol–water partition coefficient (Wildman–Crippen LogP) is 2.84. The van der Waals surface area contributed by atoms with Crippen molar-refractivity contribution in [2.75, 3.05) is 20.8 Å². The van der Waals surface area contributed by atoms with E-state index >= 15 is 0 Å². The summed E-state index contributed by atoms with van der Waals surface area (Å²) in [5.74, 6) is -0.280. The number of ether oxygens (including phenoxy) is 3. The highest BCUT2D eigenvalue weighted by Crippen LogP contribution is 2.29. The van der Waals surface area contributed by atoms with Gasteiger partial charge in [0, 0.05) is 10.9 Å². The van der Waals surface area contributed by atoms with Gasteiger partial charge in [-0.2, -0.15) is 0 Å². The minimum Gasteiger partial charge on any atom is -0.497 e. The molecular formula is C22H21NO7. The largest absolute Gasteiger partial charge is 0.497 e. The Kier molecular flexibility index (Phi) is 6.36. The van der Waals surface area contributed by atoms with Gasteiger partial charge in [0.25, 0.3) is 5.91 Å². The second-order valence-corrected chi connectivity index (χ2v) is 6.46. The van der Waals surface area contributed by atoms with Gasteiger partial charge in [-0.3, -0.25) is 4.79 Å². The second kappa shape index (κ2) is 9.13. The van der Waals surface area contributed by atoms with E-state index in [9.17, 15) is 14.4 Å². The number of nitrogens with one attached hydrogen (secondary N) is 1. The summed E-state index contributed by atoms with van der Waals surface area (Å²) in [6, 6.07) is 12.9. The lowest BCUT2D eigenvalue weighted by molar-refractivity contribution is -0.124. The van der Waals surface area contributed by atoms with Crippen molar-refractivity contribution in [1.82, 2.24) is 5.32 Å². The second-order valence-electron chi connectivity index (χ2n) is 6.46. The van der Waals surface area contributed by atoms with Crippen LogP contribution in [0.3, 0.4) is 0 Å². The smallest absolute Gasteiger partial charge is 0.351 e. The van der Waals surface area contributed by atoms with E-state index in [2.05, 4.69) is 5.32 Å². The lowest BCUT2D eigenvalue weighted by Crippen LogP contribution is -2.32. The highest BCUT2D eigenvalue weighted by Gasteiger charge is 2.19. The number of methoxy groups -OCH3 is 2. The monoisotopic (exact) mass is 411 g/mol. The highest BCUT2D eigenvalue weighted by atomic mass is 16.5. The van der Waals surface area contributed by atoms with Crippen LogP contribution in [0.1, 0.15) is 28.9 Å². The molecule has 156 valence electrons. The maximum absolute atomic E-state index is 12.3. The van der Waals surface area contributed by atoms with Crippen molar-refractivity contribution in [3.8, 4) is 11.5 Å². The van der Waals surface area contributed by atoms with Crippen molar-refractivity contribution in [2.24, 2.45) is 0 Å². The van der Waals surface area contributed by atoms with Gasteiger partial charge in [-0.15, -0.1) is 0 Å². The number of amides is 1. The molecule has 8 nitrogen and oxygen atoms in total. The SMILES string of the molecule is COc1ccc(OC)c([C@@H](C)NC(=O)COC(=O)c2cc3ccccc3oc2=O)c1. The molecule has 3 aromatic rings. The van der Waals surface area contributed by atoms with Crippen molar-refractivity contribution in [1.29, 1.82) is 0 Å². The molecule has 0 spiro atoms. The van der Waals surface area contributed by atoms with Crippen LogP contribution in [0.25, 0.3) is 11.0 Å². The van der Waals surface area contributed by atoms with E-state index in [0.29, 0.717) is 28.0 Å². The molecule has 1 aromatic heterocycles. The van der Waals surface area contributed by atoms with Crippen molar-refractivity contribution in [3.05, 3.63) is 70.1 Å². The average Bonchev–Trinajstić information content (AvgIpc) is 2.76. The molecule has 0 bridgehead atoms. The van der Waals surface area contributed by atoms with Crippen molar-refractivity contribution in [2.45, 2.75) is 13.0 Å². The quantitative estimate of drug-likeness (QED) is 0.471. The zero-order chi connectivity index (χ0) is 21.7. The zero-order valence-electron chi connectivity index (χ0n) is 16.8. The number of carbonyl (C=O) groups excluding carboxylic acids is 2. The number of hydrogen-bond donors (Lipinski definition) is 1. The van der Waals surface area contributed by atoms with Crippen molar-refractivity contribution in [3.63, 3.8) is 0 Å². The van der Waals surface area contributed by atoms with Gasteiger partial charge >= 0.3 is 11.6 Å². The summed E-state index contributed by atoms with van der Waals surface area (Å²) >= 11 is 0. The van der Waals surface area contributed by atoms with E-state index in [1.807, 2.05) is 0 Å². The summed E-state index contributed by atoms with van der Waals surface area (Å²) in [4.78, 5) is 36.5. The van der Waals surface area contributed by atoms with Crippen LogP contribution < -0.4 is 20.4 Å². The molecule has 8 heteroatoms. The molecule has 0 aliphatic rings. The third-order valence-corrected chi connectivity index (χ3v) is 4.48. The first-order valence-electron chi connectivity index (χ1n) is 9.14. The lowest BCUT2D eigenvalue weighted by Gasteiger charge is -2.18. The number of fused-ring (bicyclic) bond motifs is 1. The van der Waals surface area contributed by atoms with Crippen LogP contribution in [-0.2, 0) is 9.53 Å². The van der Waals surface area contributed by atoms with Gasteiger partial charge in [-0.1, -0.05) is 18.2 Å². The molecule has 0 unspecified atom stereocenters. The van der Waals surface area contributed by atoms with Gasteiger partial charge in [0.2, 0.25) is 0 Å². The topological polar surface area (TPSA) is 104 Å². The molecule has 1 N–H and O–H groups in total. The van der Waals surface area contributed by atoms with Crippen molar-refractivity contribution >= 4 is 22.8 Å². The Morgan fingerprint density at radius 3 is 2.57 bits per heavy atom. The molecule has 0 fully saturated rings. The Hall–Kier alpha value is -3.81. The molecular weight excluding hydrogens is 390 g/mol. The Morgan fingerprint density at radius 2 is 1.83 bits per heavy atom. The van der Waals surface area contributed by atoms with Gasteiger partial charge in [0.05, 0.1) is 20.3 Å². The van der Waals surface area contributed by atoms with Gasteiger partial charge in [0.1, 0.15) is 22.6 Å². The Balaban J connectivity index is 1.65. The predicted molar refractivity (Wildman–Crippen MR) is 109 cm³/mol. The summed E-state index contributed by atoms with van der Waals surface area (Å²) in [7, 11) is 3.06. The van der Waals surface area contributed by atoms with Crippen LogP contribution in [0.2, 0.25) is 0 Å². The zero-order valence-corrected chi connectivity index (χ0v) is 16.8. The average molecular weight is 411 g/mol. The molecule has 0 radical (unpaired) electrons. The minimum absolute atomic E-state index is 0.274. The van der Waals surface area contributed by atoms with Crippen LogP contribution >= 0.6 is 0 Å². The van der Waals surface area contributed by atoms with E-state index in [1.54, 1.807) is 49.4 Å². The molecule has 30 heavy (non-hydrogen) atoms. The first-order chi connectivity index (χ1) is 14.4. The van der Waals surface area contributed by atoms with E-state index in [-0.39, 0.29) is 5.56 Å². The molecule has 1 amide bonds. The van der Waals surface area contributed by atoms with E-state index < -0.39 is 30.2 Å². The van der Waals surface area contributed by atoms with Crippen LogP contribution in [0.4, 0.5) is 0 Å². The van der Waals surface area contributed by atoms with Crippen molar-refractivity contribution < 1.29 is 28.2 Å². The molecule has 0 saturated carbocycles. The maximum Gasteiger partial charge on any atom is 0.351 e. The molecule has 2 aromatic carbocycles. The lowest BCUT2D eigenvalue weighted by atomic mass is 10.1. The fourth-order valence-electron chi connectivity index (χ4n) is 2.95. The Bertz CT molecular complexity index is 1140. The van der Waals surface area contributed by atoms with E-state index in [0.717, 1.165) is 0 Å². The molecule has 1 atom stereocenters. The summed E-state index contributed by atoms with van der Waals surface area (Å²) in [5.41, 5.74) is -0.0397. The summed E-state index contributed by atoms with van der Waals surface area (Å²) in [6.07, 6.45) is 0. The fourth-order valence-corrected chi connectivity index (χ4v) is 2.95. The first-order valence-corrected chi connectivity index (χ1v) is 9.14. The third-order valence-electron chi connectivity index (χ3n) is 4.48. The van der Waals surface area contributed by atoms with Crippen LogP contribution in [0.15, 0.2) is 57.7 Å². The molecule has 1 heterocycles. The number of hydrogen-bond acceptors (Lipinski definition) is 7. The minimum atomic E-state index is -0.934. The fraction of sp³-hybridized carbons (Fsp3) is 0.227. The molecule has 0 aliphatic heterocycles. The number of para-hydroxylation sites is 1. The standard InChI is InChI=1S/C22H21NO7/c1-13(16-11-15(27-2)8-9-19(16)28-3)23-20(24)12-29-21(25)17-10-14-6-4-5-7-18(14)30-22(17)26/h4-11,13H,12H2,1-3H3,(H,23,24)/t13-/m1/s1. The third kappa shape index (κ3) is 4.60. The van der Waals surface area contributed by atoms with E-state index in [1.165, 1.54) is 20.3 Å². The molecule has 3 rings (SSSR count). The van der Waals surface area contributed by atoms with Gasteiger partial charge < -0.3 is 23.9 Å². The summed E-state index contributed by atoms with van der Waals surface area (Å²) in [5, 5.41) is 3.30. The highest BCUT2D eigenvalue weighted by molar-refractivity contribution is 5.94. The van der Waals surface area contributed by atoms with Gasteiger partial charge in [-0.25, -0.2) is 9.59 Å². The van der Waals surface area contributed by atoms with Gasteiger partial charge in [-0.05, 0) is 37.3 Å². The van der Waals surface area contributed by atoms with Crippen LogP contribution in [0, 0.1) is 0 Å². The number of carbonyl (C=O) groups is 2. The molecule has 0 aliphatic carbocycles. The number of rotatable bonds is 7. The van der Waals surface area contributed by atoms with Crippen LogP contribution in [0.5, 0.6) is 11.5 Å². The van der Waals surface area contributed by atoms with Crippen LogP contribution in [-0.4, -0.2) is 32.7 Å².